The number of ether oxygens (including phenoxy) is 16. The molecule has 105 heavy (non-hydrogen) atoms. The van der Waals surface area contributed by atoms with E-state index >= 15 is 0 Å². The van der Waals surface area contributed by atoms with E-state index in [9.17, 15) is 60.3 Å². The molecule has 4 aromatic carbocycles. The highest BCUT2D eigenvalue weighted by Crippen LogP contribution is 2.29. The van der Waals surface area contributed by atoms with Crippen molar-refractivity contribution >= 4 is 47.8 Å². The predicted molar refractivity (Wildman–Crippen MR) is 360 cm³/mol. The van der Waals surface area contributed by atoms with Crippen LogP contribution in [-0.2, 0) is 120 Å². The molecule has 0 saturated carbocycles. The summed E-state index contributed by atoms with van der Waals surface area (Å²) in [4.78, 5) is 102. The number of benzene rings is 4. The van der Waals surface area contributed by atoms with Crippen molar-refractivity contribution in [1.29, 1.82) is 0 Å². The molecular formula is C70H95F5N6O24. The van der Waals surface area contributed by atoms with E-state index in [0.717, 1.165) is 5.56 Å². The van der Waals surface area contributed by atoms with E-state index in [1.807, 2.05) is 30.3 Å². The Morgan fingerprint density at radius 1 is 0.295 bits per heavy atom. The Morgan fingerprint density at radius 3 is 0.933 bits per heavy atom. The van der Waals surface area contributed by atoms with Gasteiger partial charge in [-0.1, -0.05) is 91.0 Å². The van der Waals surface area contributed by atoms with Gasteiger partial charge in [0.15, 0.2) is 0 Å². The Hall–Kier alpha value is -8.59. The van der Waals surface area contributed by atoms with Gasteiger partial charge in [-0.2, -0.15) is 8.78 Å². The van der Waals surface area contributed by atoms with Crippen molar-refractivity contribution in [3.8, 4) is 5.75 Å². The van der Waals surface area contributed by atoms with E-state index < -0.39 is 89.9 Å². The molecule has 6 N–H and O–H groups in total. The Bertz CT molecular complexity index is 3060. The molecule has 0 aliphatic rings. The average Bonchev–Trinajstić information content (AvgIpc) is 0.800. The molecule has 4 rings (SSSR count). The summed E-state index contributed by atoms with van der Waals surface area (Å²) in [6.45, 7) is 6.33. The zero-order chi connectivity index (χ0) is 75.6. The first-order valence-electron chi connectivity index (χ1n) is 34.0. The molecule has 30 nitrogen and oxygen atoms in total. The van der Waals surface area contributed by atoms with E-state index in [1.54, 1.807) is 60.7 Å². The lowest BCUT2D eigenvalue weighted by Gasteiger charge is -2.27. The molecule has 4 aromatic rings. The van der Waals surface area contributed by atoms with Gasteiger partial charge in [-0.3, -0.25) is 28.8 Å². The van der Waals surface area contributed by atoms with Gasteiger partial charge in [0, 0.05) is 45.4 Å². The van der Waals surface area contributed by atoms with Crippen molar-refractivity contribution in [3.05, 3.63) is 137 Å². The molecule has 0 spiro atoms. The highest BCUT2D eigenvalue weighted by molar-refractivity contribution is 5.96. The van der Waals surface area contributed by atoms with Crippen molar-refractivity contribution in [1.82, 2.24) is 31.9 Å². The minimum absolute atomic E-state index is 0.0749. The van der Waals surface area contributed by atoms with Crippen LogP contribution in [0.5, 0.6) is 5.75 Å². The molecule has 35 heteroatoms. The first kappa shape index (κ1) is 88.8. The summed E-state index contributed by atoms with van der Waals surface area (Å²) in [6, 6.07) is 22.4. The number of carbonyl (C=O) groups is 8. The van der Waals surface area contributed by atoms with Gasteiger partial charge in [-0.15, -0.1) is 0 Å². The maximum atomic E-state index is 14.1. The molecule has 0 heterocycles. The summed E-state index contributed by atoms with van der Waals surface area (Å²) in [7, 11) is 0. The standard InChI is InChI=1S/C70H95F5N6O24/c71-59-60(72)62(74)66(63(75)61(59)73)105-58(85)17-10-21-78-67(86)64(80-69(88)103-50-53-13-6-2-7-14-53)65(81-70(89)104-51-54-15-8-3-9-16-54)68(87)79-24-30-95-36-42-101-47-44-97-38-32-91-26-19-56(83)76-22-28-93-34-40-99-46-43-96-37-31-90-25-18-55(82)77-23-29-94-35-41-100-48-45-98-39-33-92-27-20-57(84)102-49-52-11-4-1-5-12-52/h1-9,11-16,64-65H,10,17-51H2,(H,76,83)(H,77,82)(H,78,86)(H,79,87)(H,80,88)(H,81,89). The lowest BCUT2D eigenvalue weighted by molar-refractivity contribution is -0.146. The van der Waals surface area contributed by atoms with Crippen molar-refractivity contribution in [3.63, 3.8) is 0 Å². The fourth-order valence-corrected chi connectivity index (χ4v) is 8.42. The largest absolute Gasteiger partial charge is 0.461 e. The number of alkyl carbamates (subject to hydrolysis) is 2. The summed E-state index contributed by atoms with van der Waals surface area (Å²) >= 11 is 0. The third kappa shape index (κ3) is 42.8. The molecule has 2 unspecified atom stereocenters. The van der Waals surface area contributed by atoms with E-state index in [4.69, 9.17) is 71.1 Å². The number of carbonyl (C=O) groups excluding carboxylic acids is 8. The van der Waals surface area contributed by atoms with Crippen molar-refractivity contribution in [2.75, 3.05) is 185 Å². The second-order valence-corrected chi connectivity index (χ2v) is 21.9. The fourth-order valence-electron chi connectivity index (χ4n) is 8.42. The summed E-state index contributed by atoms with van der Waals surface area (Å²) < 4.78 is 155. The van der Waals surface area contributed by atoms with E-state index in [1.165, 1.54) is 0 Å². The van der Waals surface area contributed by atoms with Crippen LogP contribution in [0.2, 0.25) is 0 Å². The van der Waals surface area contributed by atoms with Crippen molar-refractivity contribution < 1.29 is 136 Å². The lowest BCUT2D eigenvalue weighted by Crippen LogP contribution is -2.64. The average molecular weight is 1500 g/mol. The second kappa shape index (κ2) is 57.7. The molecule has 6 amide bonds. The molecule has 0 bridgehead atoms. The highest BCUT2D eigenvalue weighted by Gasteiger charge is 2.37. The van der Waals surface area contributed by atoms with Crippen LogP contribution in [0.4, 0.5) is 31.5 Å². The van der Waals surface area contributed by atoms with Crippen LogP contribution in [0.15, 0.2) is 91.0 Å². The summed E-state index contributed by atoms with van der Waals surface area (Å²) in [5.41, 5.74) is 2.04. The van der Waals surface area contributed by atoms with Gasteiger partial charge in [-0.05, 0) is 23.1 Å². The normalized spacial score (nSPS) is 11.6. The number of halogens is 5. The van der Waals surface area contributed by atoms with Gasteiger partial charge in [0.25, 0.3) is 0 Å². The van der Waals surface area contributed by atoms with Crippen LogP contribution in [0.3, 0.4) is 0 Å². The Balaban J connectivity index is 0.939. The van der Waals surface area contributed by atoms with Gasteiger partial charge in [0.1, 0.15) is 31.9 Å². The van der Waals surface area contributed by atoms with Gasteiger partial charge in [-0.25, -0.2) is 22.8 Å². The monoisotopic (exact) mass is 1500 g/mol. The number of nitrogens with one attached hydrogen (secondary N) is 6. The first-order valence-corrected chi connectivity index (χ1v) is 34.0. The summed E-state index contributed by atoms with van der Waals surface area (Å²) in [5, 5.41) is 14.9. The van der Waals surface area contributed by atoms with Crippen molar-refractivity contribution in [2.45, 2.75) is 64.0 Å². The molecular weight excluding hydrogens is 1400 g/mol. The number of esters is 2. The van der Waals surface area contributed by atoms with Gasteiger partial charge >= 0.3 is 24.1 Å². The Kier molecular flexibility index (Phi) is 48.8. The number of amides is 6. The molecule has 0 radical (unpaired) electrons. The number of hydrogen-bond acceptors (Lipinski definition) is 24. The van der Waals surface area contributed by atoms with Crippen LogP contribution in [0, 0.1) is 29.1 Å². The molecule has 2 atom stereocenters. The van der Waals surface area contributed by atoms with E-state index in [2.05, 4.69) is 36.6 Å². The van der Waals surface area contributed by atoms with Crippen LogP contribution < -0.4 is 36.6 Å². The fraction of sp³-hybridized carbons (Fsp3) is 0.543. The minimum Gasteiger partial charge on any atom is -0.461 e. The third-order valence-electron chi connectivity index (χ3n) is 13.8. The quantitative estimate of drug-likeness (QED) is 0.00685. The van der Waals surface area contributed by atoms with Crippen LogP contribution in [0.25, 0.3) is 0 Å². The maximum Gasteiger partial charge on any atom is 0.408 e. The van der Waals surface area contributed by atoms with Gasteiger partial charge in [0.2, 0.25) is 58.5 Å². The summed E-state index contributed by atoms with van der Waals surface area (Å²) in [5.74, 6) is -18.0. The molecule has 0 saturated heterocycles. The van der Waals surface area contributed by atoms with Gasteiger partial charge < -0.3 is 108 Å². The predicted octanol–water partition coefficient (Wildman–Crippen LogP) is 4.24. The third-order valence-corrected chi connectivity index (χ3v) is 13.8. The first-order chi connectivity index (χ1) is 51.1. The smallest absolute Gasteiger partial charge is 0.408 e. The molecule has 0 aliphatic heterocycles. The Morgan fingerprint density at radius 2 is 0.581 bits per heavy atom. The van der Waals surface area contributed by atoms with Crippen LogP contribution >= 0.6 is 0 Å². The molecule has 584 valence electrons. The van der Waals surface area contributed by atoms with E-state index in [0.29, 0.717) is 117 Å². The molecule has 0 aromatic heterocycles. The highest BCUT2D eigenvalue weighted by atomic mass is 19.2. The molecule has 0 aliphatic carbocycles. The zero-order valence-electron chi connectivity index (χ0n) is 58.5. The second-order valence-electron chi connectivity index (χ2n) is 21.9. The maximum absolute atomic E-state index is 14.1. The zero-order valence-corrected chi connectivity index (χ0v) is 58.5. The van der Waals surface area contributed by atoms with E-state index in [-0.39, 0.29) is 136 Å². The van der Waals surface area contributed by atoms with Crippen LogP contribution in [-0.4, -0.2) is 245 Å². The number of hydrogen-bond donors (Lipinski definition) is 6. The Labute approximate surface area is 605 Å². The lowest BCUT2D eigenvalue weighted by atomic mass is 10.1. The topological polar surface area (TPSA) is 356 Å². The number of rotatable bonds is 61. The molecule has 0 fully saturated rings. The minimum atomic E-state index is -2.46. The SMILES string of the molecule is O=C(CCOCCOCCOCCOCCNC(=O)CCOCCOCCOCCOCCNC(=O)C(NC(=O)OCc1ccccc1)C(NC(=O)OCc1ccccc1)C(=O)NCCCC(=O)Oc1c(F)c(F)c(F)c(F)c1F)NCCOCCOCCOCCOCCC(=O)OCc1ccccc1. The summed E-state index contributed by atoms with van der Waals surface area (Å²) in [6.07, 6.45) is -3.00. The van der Waals surface area contributed by atoms with Gasteiger partial charge in [0.05, 0.1) is 165 Å². The van der Waals surface area contributed by atoms with Crippen LogP contribution in [0.1, 0.15) is 48.8 Å². The van der Waals surface area contributed by atoms with Crippen molar-refractivity contribution in [2.24, 2.45) is 0 Å².